The quantitative estimate of drug-likeness (QED) is 0.512. The number of esters is 1. The van der Waals surface area contributed by atoms with E-state index in [4.69, 9.17) is 10.00 Å². The molecule has 182 valence electrons. The second-order valence-electron chi connectivity index (χ2n) is 8.18. The van der Waals surface area contributed by atoms with Crippen molar-refractivity contribution in [1.29, 1.82) is 5.26 Å². The highest BCUT2D eigenvalue weighted by Gasteiger charge is 2.31. The molecule has 2 aromatic carbocycles. The molecule has 0 saturated heterocycles. The first-order valence-corrected chi connectivity index (χ1v) is 12.1. The Balaban J connectivity index is 2.17. The number of anilines is 1. The Morgan fingerprint density at radius 3 is 2.32 bits per heavy atom. The molecular weight excluding hydrogens is 461 g/mol. The minimum Gasteiger partial charge on any atom is -0.454 e. The van der Waals surface area contributed by atoms with Crippen LogP contribution in [-0.2, 0) is 24.3 Å². The lowest BCUT2D eigenvalue weighted by Gasteiger charge is -2.24. The lowest BCUT2D eigenvalue weighted by atomic mass is 10.1. The van der Waals surface area contributed by atoms with Crippen LogP contribution in [0.15, 0.2) is 47.4 Å². The number of carbonyl (C=O) groups is 2. The van der Waals surface area contributed by atoms with Crippen LogP contribution in [0.25, 0.3) is 0 Å². The lowest BCUT2D eigenvalue weighted by molar-refractivity contribution is -0.150. The molecule has 0 aliphatic rings. The first kappa shape index (κ1) is 27.0. The number of benzene rings is 2. The summed E-state index contributed by atoms with van der Waals surface area (Å²) >= 11 is 0. The molecule has 0 aliphatic heterocycles. The normalized spacial score (nSPS) is 12.1. The van der Waals surface area contributed by atoms with E-state index in [1.807, 2.05) is 26.0 Å². The minimum absolute atomic E-state index is 0.0731. The van der Waals surface area contributed by atoms with Crippen LogP contribution >= 0.6 is 0 Å². The second kappa shape index (κ2) is 11.7. The molecule has 0 saturated carbocycles. The van der Waals surface area contributed by atoms with Gasteiger partial charge in [-0.25, -0.2) is 12.8 Å². The molecule has 2 rings (SSSR count). The van der Waals surface area contributed by atoms with Crippen LogP contribution in [0.1, 0.15) is 31.4 Å². The zero-order chi connectivity index (χ0) is 25.5. The van der Waals surface area contributed by atoms with Crippen LogP contribution in [0, 0.1) is 36.9 Å². The Morgan fingerprint density at radius 1 is 1.15 bits per heavy atom. The van der Waals surface area contributed by atoms with Crippen molar-refractivity contribution in [2.45, 2.75) is 45.1 Å². The summed E-state index contributed by atoms with van der Waals surface area (Å²) in [5.41, 5.74) is 2.41. The van der Waals surface area contributed by atoms with Crippen molar-refractivity contribution in [3.05, 3.63) is 59.4 Å². The van der Waals surface area contributed by atoms with E-state index in [2.05, 4.69) is 4.72 Å². The summed E-state index contributed by atoms with van der Waals surface area (Å²) in [5.74, 6) is -3.03. The Labute approximate surface area is 199 Å². The summed E-state index contributed by atoms with van der Waals surface area (Å²) in [6.45, 7) is 6.38. The molecule has 0 aromatic heterocycles. The van der Waals surface area contributed by atoms with E-state index in [1.54, 1.807) is 26.0 Å². The number of nitrogens with zero attached hydrogens (tertiary/aromatic N) is 2. The fourth-order valence-electron chi connectivity index (χ4n) is 3.32. The number of aryl methyl sites for hydroxylation is 2. The maximum Gasteiger partial charge on any atom is 0.324 e. The van der Waals surface area contributed by atoms with Crippen LogP contribution in [0.3, 0.4) is 0 Å². The number of carbonyl (C=O) groups excluding carboxylic acids is 2. The molecule has 10 heteroatoms. The van der Waals surface area contributed by atoms with Crippen molar-refractivity contribution in [3.63, 3.8) is 0 Å². The average Bonchev–Trinajstić information content (AvgIpc) is 2.75. The third-order valence-electron chi connectivity index (χ3n) is 4.93. The summed E-state index contributed by atoms with van der Waals surface area (Å²) in [6.07, 6.45) is 0.0731. The molecule has 0 radical (unpaired) electrons. The Morgan fingerprint density at radius 2 is 1.76 bits per heavy atom. The van der Waals surface area contributed by atoms with E-state index in [0.717, 1.165) is 23.3 Å². The molecule has 1 N–H and O–H groups in total. The highest BCUT2D eigenvalue weighted by Crippen LogP contribution is 2.20. The molecule has 2 aromatic rings. The van der Waals surface area contributed by atoms with Gasteiger partial charge in [0.15, 0.2) is 6.61 Å². The van der Waals surface area contributed by atoms with Crippen molar-refractivity contribution in [2.75, 3.05) is 18.1 Å². The van der Waals surface area contributed by atoms with E-state index in [0.29, 0.717) is 5.69 Å². The monoisotopic (exact) mass is 489 g/mol. The third-order valence-corrected chi connectivity index (χ3v) is 6.41. The highest BCUT2D eigenvalue weighted by atomic mass is 32.2. The van der Waals surface area contributed by atoms with Gasteiger partial charge in [0.1, 0.15) is 16.8 Å². The number of amides is 1. The van der Waals surface area contributed by atoms with E-state index < -0.39 is 51.2 Å². The zero-order valence-electron chi connectivity index (χ0n) is 19.5. The van der Waals surface area contributed by atoms with Gasteiger partial charge in [0, 0.05) is 12.2 Å². The Hall–Kier alpha value is -3.29. The standard InChI is InChI=1S/C24H28FN3O5S/c1-16(2)23(27-34(31,32)21-9-6-5-8-20(21)25)24(30)33-15-22(29)28(11-7-10-26)19-13-17(3)12-18(4)14-19/h5-6,8-9,12-14,16,23,27H,7,11,15H2,1-4H3. The molecule has 0 bridgehead atoms. The largest absolute Gasteiger partial charge is 0.454 e. The van der Waals surface area contributed by atoms with Crippen molar-refractivity contribution >= 4 is 27.6 Å². The maximum atomic E-state index is 14.0. The predicted octanol–water partition coefficient (Wildman–Crippen LogP) is 3.24. The van der Waals surface area contributed by atoms with E-state index in [1.165, 1.54) is 17.0 Å². The Kier molecular flexibility index (Phi) is 9.29. The van der Waals surface area contributed by atoms with Gasteiger partial charge in [-0.3, -0.25) is 9.59 Å². The average molecular weight is 490 g/mol. The van der Waals surface area contributed by atoms with Crippen molar-refractivity contribution in [3.8, 4) is 6.07 Å². The van der Waals surface area contributed by atoms with Crippen LogP contribution < -0.4 is 9.62 Å². The number of nitrogens with one attached hydrogen (secondary N) is 1. The van der Waals surface area contributed by atoms with Gasteiger partial charge in [0.05, 0.1) is 12.5 Å². The molecular formula is C24H28FN3O5S. The molecule has 0 fully saturated rings. The van der Waals surface area contributed by atoms with E-state index >= 15 is 0 Å². The fourth-order valence-corrected chi connectivity index (χ4v) is 4.73. The van der Waals surface area contributed by atoms with Crippen LogP contribution in [0.2, 0.25) is 0 Å². The van der Waals surface area contributed by atoms with Gasteiger partial charge in [0.25, 0.3) is 5.91 Å². The first-order valence-electron chi connectivity index (χ1n) is 10.7. The fraction of sp³-hybridized carbons (Fsp3) is 0.375. The highest BCUT2D eigenvalue weighted by molar-refractivity contribution is 7.89. The smallest absolute Gasteiger partial charge is 0.324 e. The summed E-state index contributed by atoms with van der Waals surface area (Å²) in [6, 6.07) is 10.9. The SMILES string of the molecule is Cc1cc(C)cc(N(CCC#N)C(=O)COC(=O)C(NS(=O)(=O)c2ccccc2F)C(C)C)c1. The number of halogens is 1. The minimum atomic E-state index is -4.36. The number of hydrogen-bond acceptors (Lipinski definition) is 6. The maximum absolute atomic E-state index is 14.0. The van der Waals surface area contributed by atoms with Gasteiger partial charge in [0.2, 0.25) is 10.0 Å². The first-order chi connectivity index (χ1) is 16.0. The summed E-state index contributed by atoms with van der Waals surface area (Å²) < 4.78 is 46.6. The molecule has 1 atom stereocenters. The molecule has 0 spiro atoms. The van der Waals surface area contributed by atoms with Crippen LogP contribution in [0.4, 0.5) is 10.1 Å². The zero-order valence-corrected chi connectivity index (χ0v) is 20.4. The van der Waals surface area contributed by atoms with E-state index in [9.17, 15) is 22.4 Å². The van der Waals surface area contributed by atoms with Gasteiger partial charge in [-0.05, 0) is 55.2 Å². The number of ether oxygens (including phenoxy) is 1. The Bertz CT molecular complexity index is 1170. The molecule has 0 aliphatic carbocycles. The second-order valence-corrected chi connectivity index (χ2v) is 9.86. The topological polar surface area (TPSA) is 117 Å². The van der Waals surface area contributed by atoms with Crippen molar-refractivity contribution < 1.29 is 27.1 Å². The molecule has 1 unspecified atom stereocenters. The number of rotatable bonds is 10. The van der Waals surface area contributed by atoms with E-state index in [-0.39, 0.29) is 13.0 Å². The molecule has 0 heterocycles. The van der Waals surface area contributed by atoms with Crippen molar-refractivity contribution in [1.82, 2.24) is 4.72 Å². The van der Waals surface area contributed by atoms with Crippen molar-refractivity contribution in [2.24, 2.45) is 5.92 Å². The van der Waals surface area contributed by atoms with Gasteiger partial charge in [-0.1, -0.05) is 32.0 Å². The predicted molar refractivity (Wildman–Crippen MR) is 125 cm³/mol. The van der Waals surface area contributed by atoms with Gasteiger partial charge in [-0.2, -0.15) is 9.98 Å². The summed E-state index contributed by atoms with van der Waals surface area (Å²) in [5, 5.41) is 8.96. The van der Waals surface area contributed by atoms with Crippen LogP contribution in [0.5, 0.6) is 0 Å². The molecule has 8 nitrogen and oxygen atoms in total. The van der Waals surface area contributed by atoms with Gasteiger partial charge >= 0.3 is 5.97 Å². The van der Waals surface area contributed by atoms with Gasteiger partial charge in [-0.15, -0.1) is 0 Å². The summed E-state index contributed by atoms with van der Waals surface area (Å²) in [7, 11) is -4.36. The number of hydrogen-bond donors (Lipinski definition) is 1. The number of nitriles is 1. The lowest BCUT2D eigenvalue weighted by Crippen LogP contribution is -2.46. The van der Waals surface area contributed by atoms with Crippen LogP contribution in [-0.4, -0.2) is 39.5 Å². The molecule has 34 heavy (non-hydrogen) atoms. The van der Waals surface area contributed by atoms with Gasteiger partial charge < -0.3 is 9.64 Å². The third kappa shape index (κ3) is 7.10. The number of sulfonamides is 1. The molecule has 1 amide bonds. The summed E-state index contributed by atoms with van der Waals surface area (Å²) in [4.78, 5) is 26.3.